The van der Waals surface area contributed by atoms with Crippen molar-refractivity contribution in [1.82, 2.24) is 0 Å². The molecule has 3 N–H and O–H groups in total. The highest BCUT2D eigenvalue weighted by molar-refractivity contribution is 5.36. The van der Waals surface area contributed by atoms with Gasteiger partial charge in [-0.25, -0.2) is 4.39 Å². The summed E-state index contributed by atoms with van der Waals surface area (Å²) in [6, 6.07) is 4.17. The van der Waals surface area contributed by atoms with Crippen molar-refractivity contribution in [3.05, 3.63) is 29.6 Å². The molecule has 0 saturated heterocycles. The van der Waals surface area contributed by atoms with E-state index in [1.165, 1.54) is 12.1 Å². The minimum atomic E-state index is -0.332. The lowest BCUT2D eigenvalue weighted by atomic mass is 10.1. The number of halogens is 1. The van der Waals surface area contributed by atoms with Gasteiger partial charge in [0, 0.05) is 24.3 Å². The number of hydrogen-bond donors (Lipinski definition) is 2. The van der Waals surface area contributed by atoms with Crippen LogP contribution in [0.25, 0.3) is 0 Å². The molecule has 0 saturated carbocycles. The van der Waals surface area contributed by atoms with Gasteiger partial charge in [0.2, 0.25) is 0 Å². The molecule has 0 fully saturated rings. The summed E-state index contributed by atoms with van der Waals surface area (Å²) < 4.78 is 18.5. The second-order valence-corrected chi connectivity index (χ2v) is 3.75. The molecule has 0 radical (unpaired) electrons. The van der Waals surface area contributed by atoms with E-state index in [2.05, 4.69) is 0 Å². The van der Waals surface area contributed by atoms with Gasteiger partial charge >= 0.3 is 0 Å². The molecule has 1 aromatic rings. The zero-order chi connectivity index (χ0) is 12.0. The lowest BCUT2D eigenvalue weighted by Crippen LogP contribution is -2.09. The zero-order valence-electron chi connectivity index (χ0n) is 9.45. The second kappa shape index (κ2) is 6.45. The summed E-state index contributed by atoms with van der Waals surface area (Å²) in [5.41, 5.74) is 6.55. The highest BCUT2D eigenvalue weighted by Gasteiger charge is 2.09. The Hall–Kier alpha value is -1.13. The molecule has 1 aromatic carbocycles. The van der Waals surface area contributed by atoms with Gasteiger partial charge in [0.25, 0.3) is 0 Å². The molecule has 0 aliphatic carbocycles. The molecule has 0 heterocycles. The van der Waals surface area contributed by atoms with E-state index in [4.69, 9.17) is 15.6 Å². The fraction of sp³-hybridized carbons (Fsp3) is 0.500. The largest absolute Gasteiger partial charge is 0.493 e. The number of ether oxygens (including phenoxy) is 1. The van der Waals surface area contributed by atoms with E-state index >= 15 is 0 Å². The number of aliphatic hydroxyl groups is 1. The fourth-order valence-electron chi connectivity index (χ4n) is 1.41. The van der Waals surface area contributed by atoms with Crippen molar-refractivity contribution in [3.8, 4) is 5.75 Å². The maximum atomic E-state index is 13.0. The molecule has 3 nitrogen and oxygen atoms in total. The Bertz CT molecular complexity index is 329. The third-order valence-electron chi connectivity index (χ3n) is 2.28. The first-order chi connectivity index (χ1) is 7.65. The average molecular weight is 227 g/mol. The summed E-state index contributed by atoms with van der Waals surface area (Å²) in [6.07, 6.45) is 1.42. The minimum Gasteiger partial charge on any atom is -0.493 e. The number of rotatable bonds is 6. The Morgan fingerprint density at radius 2 is 2.19 bits per heavy atom. The summed E-state index contributed by atoms with van der Waals surface area (Å²) in [6.45, 7) is 2.43. The number of hydrogen-bond acceptors (Lipinski definition) is 3. The van der Waals surface area contributed by atoms with Gasteiger partial charge in [-0.05, 0) is 25.8 Å². The summed E-state index contributed by atoms with van der Waals surface area (Å²) in [5.74, 6) is 0.162. The van der Waals surface area contributed by atoms with Crippen molar-refractivity contribution in [1.29, 1.82) is 0 Å². The Morgan fingerprint density at radius 3 is 2.81 bits per heavy atom. The predicted octanol–water partition coefficient (Wildman–Crippen LogP) is 2.00. The maximum Gasteiger partial charge on any atom is 0.126 e. The van der Waals surface area contributed by atoms with Crippen LogP contribution >= 0.6 is 0 Å². The van der Waals surface area contributed by atoms with Gasteiger partial charge in [0.05, 0.1) is 6.61 Å². The van der Waals surface area contributed by atoms with Crippen molar-refractivity contribution in [3.63, 3.8) is 0 Å². The molecular weight excluding hydrogens is 209 g/mol. The van der Waals surface area contributed by atoms with Gasteiger partial charge in [-0.3, -0.25) is 0 Å². The first kappa shape index (κ1) is 12.9. The van der Waals surface area contributed by atoms with E-state index in [0.29, 0.717) is 18.8 Å². The van der Waals surface area contributed by atoms with E-state index in [0.717, 1.165) is 12.0 Å². The molecular formula is C12H18FNO2. The van der Waals surface area contributed by atoms with Crippen LogP contribution in [-0.2, 0) is 0 Å². The van der Waals surface area contributed by atoms with Crippen LogP contribution in [0.4, 0.5) is 4.39 Å². The normalized spacial score (nSPS) is 12.5. The van der Waals surface area contributed by atoms with Gasteiger partial charge in [-0.1, -0.05) is 6.07 Å². The van der Waals surface area contributed by atoms with Crippen molar-refractivity contribution >= 4 is 0 Å². The van der Waals surface area contributed by atoms with Gasteiger partial charge in [0.15, 0.2) is 0 Å². The first-order valence-electron chi connectivity index (χ1n) is 5.44. The first-order valence-corrected chi connectivity index (χ1v) is 5.44. The zero-order valence-corrected chi connectivity index (χ0v) is 9.45. The molecule has 0 aromatic heterocycles. The highest BCUT2D eigenvalue weighted by Crippen LogP contribution is 2.24. The van der Waals surface area contributed by atoms with Crippen LogP contribution in [0.1, 0.15) is 31.4 Å². The smallest absolute Gasteiger partial charge is 0.126 e. The van der Waals surface area contributed by atoms with E-state index in [1.807, 2.05) is 6.92 Å². The van der Waals surface area contributed by atoms with Gasteiger partial charge in [0.1, 0.15) is 11.6 Å². The molecule has 90 valence electrons. The predicted molar refractivity (Wildman–Crippen MR) is 60.8 cm³/mol. The van der Waals surface area contributed by atoms with Gasteiger partial charge in [-0.2, -0.15) is 0 Å². The molecule has 1 rings (SSSR count). The lowest BCUT2D eigenvalue weighted by Gasteiger charge is -2.13. The van der Waals surface area contributed by atoms with Crippen LogP contribution in [0.5, 0.6) is 5.75 Å². The standard InChI is InChI=1S/C12H18FNO2/c1-9(14)11-5-4-10(13)8-12(11)16-7-3-2-6-15/h4-5,8-9,15H,2-3,6-7,14H2,1H3/t9-/m1/s1. The Kier molecular flexibility index (Phi) is 5.22. The Balaban J connectivity index is 2.65. The molecule has 0 aliphatic heterocycles. The van der Waals surface area contributed by atoms with E-state index in [9.17, 15) is 4.39 Å². The molecule has 0 amide bonds. The van der Waals surface area contributed by atoms with Crippen LogP contribution in [0, 0.1) is 5.82 Å². The summed E-state index contributed by atoms with van der Waals surface area (Å²) in [4.78, 5) is 0. The molecule has 0 spiro atoms. The highest BCUT2D eigenvalue weighted by atomic mass is 19.1. The molecule has 0 bridgehead atoms. The molecule has 16 heavy (non-hydrogen) atoms. The van der Waals surface area contributed by atoms with Crippen LogP contribution in [0.2, 0.25) is 0 Å². The molecule has 0 aliphatic rings. The van der Waals surface area contributed by atoms with Crippen LogP contribution < -0.4 is 10.5 Å². The third-order valence-corrected chi connectivity index (χ3v) is 2.28. The number of unbranched alkanes of at least 4 members (excludes halogenated alkanes) is 1. The topological polar surface area (TPSA) is 55.5 Å². The van der Waals surface area contributed by atoms with Crippen molar-refractivity contribution in [2.75, 3.05) is 13.2 Å². The summed E-state index contributed by atoms with van der Waals surface area (Å²) >= 11 is 0. The summed E-state index contributed by atoms with van der Waals surface area (Å²) in [7, 11) is 0. The summed E-state index contributed by atoms with van der Waals surface area (Å²) in [5, 5.41) is 8.61. The van der Waals surface area contributed by atoms with Crippen LogP contribution in [0.3, 0.4) is 0 Å². The minimum absolute atomic E-state index is 0.145. The average Bonchev–Trinajstić information content (AvgIpc) is 2.24. The van der Waals surface area contributed by atoms with Crippen LogP contribution in [0.15, 0.2) is 18.2 Å². The van der Waals surface area contributed by atoms with Crippen molar-refractivity contribution < 1.29 is 14.2 Å². The van der Waals surface area contributed by atoms with E-state index in [1.54, 1.807) is 6.07 Å². The number of nitrogens with two attached hydrogens (primary N) is 1. The Labute approximate surface area is 95.0 Å². The molecule has 1 atom stereocenters. The number of benzene rings is 1. The van der Waals surface area contributed by atoms with Gasteiger partial charge < -0.3 is 15.6 Å². The molecule has 4 heteroatoms. The van der Waals surface area contributed by atoms with Crippen molar-refractivity contribution in [2.24, 2.45) is 5.73 Å². The SMILES string of the molecule is C[C@@H](N)c1ccc(F)cc1OCCCCO. The van der Waals surface area contributed by atoms with E-state index in [-0.39, 0.29) is 18.5 Å². The van der Waals surface area contributed by atoms with Crippen molar-refractivity contribution in [2.45, 2.75) is 25.8 Å². The Morgan fingerprint density at radius 1 is 1.44 bits per heavy atom. The maximum absolute atomic E-state index is 13.0. The molecule has 0 unspecified atom stereocenters. The second-order valence-electron chi connectivity index (χ2n) is 3.75. The number of aliphatic hydroxyl groups excluding tert-OH is 1. The third kappa shape index (κ3) is 3.79. The van der Waals surface area contributed by atoms with Gasteiger partial charge in [-0.15, -0.1) is 0 Å². The monoisotopic (exact) mass is 227 g/mol. The lowest BCUT2D eigenvalue weighted by molar-refractivity contribution is 0.251. The van der Waals surface area contributed by atoms with Crippen LogP contribution in [-0.4, -0.2) is 18.3 Å². The quantitative estimate of drug-likeness (QED) is 0.731. The van der Waals surface area contributed by atoms with E-state index < -0.39 is 0 Å². The fourth-order valence-corrected chi connectivity index (χ4v) is 1.41.